The molecule has 2 aliphatic rings. The number of amides is 1. The SMILES string of the molecule is CCc1cnn2c(NC3CCCC(NC(=O)O)(C(C)(C)C)C3)nc(NC3CCC(N(C)C)CC3)nc12. The Morgan fingerprint density at radius 3 is 2.47 bits per heavy atom. The van der Waals surface area contributed by atoms with Crippen LogP contribution in [0.2, 0.25) is 0 Å². The number of nitrogens with zero attached hydrogens (tertiary/aromatic N) is 5. The Kier molecular flexibility index (Phi) is 7.64. The molecule has 2 aromatic rings. The van der Waals surface area contributed by atoms with Crippen LogP contribution < -0.4 is 16.0 Å². The van der Waals surface area contributed by atoms with Gasteiger partial charge in [-0.15, -0.1) is 0 Å². The summed E-state index contributed by atoms with van der Waals surface area (Å²) in [5.41, 5.74) is 1.18. The first kappa shape index (κ1) is 26.4. The number of carboxylic acid groups (broad SMARTS) is 1. The number of aryl methyl sites for hydroxylation is 1. The van der Waals surface area contributed by atoms with E-state index in [1.54, 1.807) is 4.52 Å². The molecule has 0 aromatic carbocycles. The Hall–Kier alpha value is -2.62. The zero-order valence-corrected chi connectivity index (χ0v) is 22.8. The molecule has 2 atom stereocenters. The second-order valence-electron chi connectivity index (χ2n) is 11.9. The lowest BCUT2D eigenvalue weighted by molar-refractivity contribution is 0.0789. The zero-order chi connectivity index (χ0) is 26.1. The van der Waals surface area contributed by atoms with Crippen molar-refractivity contribution in [3.8, 4) is 0 Å². The van der Waals surface area contributed by atoms with E-state index in [1.807, 2.05) is 6.20 Å². The van der Waals surface area contributed by atoms with Crippen LogP contribution in [0.4, 0.5) is 16.7 Å². The van der Waals surface area contributed by atoms with Gasteiger partial charge in [0.25, 0.3) is 0 Å². The Bertz CT molecular complexity index is 1050. The van der Waals surface area contributed by atoms with Crippen LogP contribution in [0.15, 0.2) is 6.20 Å². The van der Waals surface area contributed by atoms with Gasteiger partial charge in [-0.3, -0.25) is 0 Å². The Labute approximate surface area is 214 Å². The van der Waals surface area contributed by atoms with Crippen LogP contribution in [0.3, 0.4) is 0 Å². The molecule has 36 heavy (non-hydrogen) atoms. The third-order valence-electron chi connectivity index (χ3n) is 8.45. The molecular weight excluding hydrogens is 456 g/mol. The maximum absolute atomic E-state index is 11.7. The molecule has 2 aromatic heterocycles. The van der Waals surface area contributed by atoms with Gasteiger partial charge in [-0.25, -0.2) is 4.79 Å². The van der Waals surface area contributed by atoms with E-state index >= 15 is 0 Å². The summed E-state index contributed by atoms with van der Waals surface area (Å²) in [4.78, 5) is 23.8. The second-order valence-corrected chi connectivity index (χ2v) is 11.9. The Morgan fingerprint density at radius 1 is 1.14 bits per heavy atom. The van der Waals surface area contributed by atoms with Crippen LogP contribution in [0.5, 0.6) is 0 Å². The van der Waals surface area contributed by atoms with Gasteiger partial charge in [-0.05, 0) is 77.3 Å². The lowest BCUT2D eigenvalue weighted by atomic mass is 9.64. The van der Waals surface area contributed by atoms with Crippen molar-refractivity contribution in [2.24, 2.45) is 5.41 Å². The number of aromatic nitrogens is 4. The van der Waals surface area contributed by atoms with E-state index in [2.05, 4.69) is 67.7 Å². The fourth-order valence-corrected chi connectivity index (χ4v) is 6.02. The quantitative estimate of drug-likeness (QED) is 0.442. The summed E-state index contributed by atoms with van der Waals surface area (Å²) in [6.07, 6.45) is 9.65. The van der Waals surface area contributed by atoms with Gasteiger partial charge in [0.2, 0.25) is 11.9 Å². The average Bonchev–Trinajstić information content (AvgIpc) is 3.22. The molecule has 2 unspecified atom stereocenters. The van der Waals surface area contributed by atoms with E-state index in [0.717, 1.165) is 49.7 Å². The summed E-state index contributed by atoms with van der Waals surface area (Å²) >= 11 is 0. The van der Waals surface area contributed by atoms with Crippen molar-refractivity contribution in [3.05, 3.63) is 11.8 Å². The van der Waals surface area contributed by atoms with Crippen LogP contribution in [0, 0.1) is 5.41 Å². The summed E-state index contributed by atoms with van der Waals surface area (Å²) in [5, 5.41) is 24.3. The molecule has 2 heterocycles. The first-order valence-corrected chi connectivity index (χ1v) is 13.5. The number of hydrogen-bond donors (Lipinski definition) is 4. The summed E-state index contributed by atoms with van der Waals surface area (Å²) in [5.74, 6) is 1.30. The molecule has 2 aliphatic carbocycles. The van der Waals surface area contributed by atoms with E-state index in [-0.39, 0.29) is 11.5 Å². The predicted octanol–water partition coefficient (Wildman–Crippen LogP) is 4.38. The van der Waals surface area contributed by atoms with Crippen molar-refractivity contribution in [1.29, 1.82) is 0 Å². The van der Waals surface area contributed by atoms with Gasteiger partial charge in [-0.2, -0.15) is 19.6 Å². The van der Waals surface area contributed by atoms with Gasteiger partial charge in [-0.1, -0.05) is 27.7 Å². The monoisotopic (exact) mass is 500 g/mol. The molecule has 10 nitrogen and oxygen atoms in total. The van der Waals surface area contributed by atoms with Crippen molar-refractivity contribution in [1.82, 2.24) is 29.8 Å². The summed E-state index contributed by atoms with van der Waals surface area (Å²) in [6.45, 7) is 8.45. The summed E-state index contributed by atoms with van der Waals surface area (Å²) < 4.78 is 1.80. The molecule has 0 spiro atoms. The van der Waals surface area contributed by atoms with Gasteiger partial charge in [0.05, 0.1) is 11.7 Å². The molecule has 0 bridgehead atoms. The molecule has 2 fully saturated rings. The minimum atomic E-state index is -0.967. The molecule has 1 amide bonds. The van der Waals surface area contributed by atoms with Gasteiger partial charge in [0.15, 0.2) is 5.65 Å². The van der Waals surface area contributed by atoms with Crippen molar-refractivity contribution in [2.45, 2.75) is 109 Å². The number of nitrogens with one attached hydrogen (secondary N) is 3. The Balaban J connectivity index is 1.58. The number of carbonyl (C=O) groups is 1. The average molecular weight is 501 g/mol. The van der Waals surface area contributed by atoms with Gasteiger partial charge < -0.3 is 26.0 Å². The number of anilines is 2. The number of hydrogen-bond acceptors (Lipinski definition) is 7. The minimum Gasteiger partial charge on any atom is -0.465 e. The van der Waals surface area contributed by atoms with Gasteiger partial charge >= 0.3 is 6.09 Å². The topological polar surface area (TPSA) is 120 Å². The van der Waals surface area contributed by atoms with Crippen molar-refractivity contribution in [3.63, 3.8) is 0 Å². The van der Waals surface area contributed by atoms with Crippen molar-refractivity contribution >= 4 is 23.6 Å². The minimum absolute atomic E-state index is 0.0700. The fraction of sp³-hybridized carbons (Fsp3) is 0.769. The van der Waals surface area contributed by atoms with E-state index in [4.69, 9.17) is 9.97 Å². The largest absolute Gasteiger partial charge is 0.465 e. The normalized spacial score (nSPS) is 27.2. The molecule has 4 rings (SSSR count). The first-order valence-electron chi connectivity index (χ1n) is 13.5. The molecule has 4 N–H and O–H groups in total. The third-order valence-corrected chi connectivity index (χ3v) is 8.45. The highest BCUT2D eigenvalue weighted by Gasteiger charge is 2.46. The standard InChI is InChI=1S/C26H44N8O2/c1-7-17-16-27-34-21(17)30-22(28-18-10-12-20(13-11-18)33(5)6)31-23(34)29-19-9-8-14-26(15-19,25(2,3)4)32-24(35)36/h16,18-20,32H,7-15H2,1-6H3,(H,35,36)(H2,28,29,30,31). The second kappa shape index (κ2) is 10.4. The van der Waals surface area contributed by atoms with E-state index in [9.17, 15) is 9.90 Å². The molecule has 200 valence electrons. The molecule has 0 saturated heterocycles. The maximum Gasteiger partial charge on any atom is 0.405 e. The van der Waals surface area contributed by atoms with Crippen LogP contribution >= 0.6 is 0 Å². The molecular formula is C26H44N8O2. The van der Waals surface area contributed by atoms with Crippen LogP contribution in [-0.4, -0.2) is 73.4 Å². The van der Waals surface area contributed by atoms with E-state index in [0.29, 0.717) is 30.4 Å². The summed E-state index contributed by atoms with van der Waals surface area (Å²) in [6, 6.07) is 1.06. The first-order chi connectivity index (χ1) is 17.0. The van der Waals surface area contributed by atoms with Crippen LogP contribution in [0.25, 0.3) is 5.65 Å². The highest BCUT2D eigenvalue weighted by atomic mass is 16.4. The van der Waals surface area contributed by atoms with Gasteiger partial charge in [0, 0.05) is 23.7 Å². The number of fused-ring (bicyclic) bond motifs is 1. The molecule has 2 saturated carbocycles. The highest BCUT2D eigenvalue weighted by Crippen LogP contribution is 2.42. The number of rotatable bonds is 7. The maximum atomic E-state index is 11.7. The summed E-state index contributed by atoms with van der Waals surface area (Å²) in [7, 11) is 4.32. The van der Waals surface area contributed by atoms with Crippen molar-refractivity contribution < 1.29 is 9.90 Å². The molecule has 0 radical (unpaired) electrons. The molecule has 0 aliphatic heterocycles. The molecule has 10 heteroatoms. The smallest absolute Gasteiger partial charge is 0.405 e. The third kappa shape index (κ3) is 5.53. The van der Waals surface area contributed by atoms with E-state index in [1.165, 1.54) is 12.8 Å². The lowest BCUT2D eigenvalue weighted by Gasteiger charge is -2.49. The van der Waals surface area contributed by atoms with Crippen LogP contribution in [0.1, 0.15) is 84.6 Å². The van der Waals surface area contributed by atoms with Gasteiger partial charge in [0.1, 0.15) is 0 Å². The lowest BCUT2D eigenvalue weighted by Crippen LogP contribution is -2.60. The highest BCUT2D eigenvalue weighted by molar-refractivity contribution is 5.66. The Morgan fingerprint density at radius 2 is 1.86 bits per heavy atom. The van der Waals surface area contributed by atoms with Crippen molar-refractivity contribution in [2.75, 3.05) is 24.7 Å². The van der Waals surface area contributed by atoms with Crippen LogP contribution in [-0.2, 0) is 6.42 Å². The predicted molar refractivity (Wildman–Crippen MR) is 143 cm³/mol. The zero-order valence-electron chi connectivity index (χ0n) is 22.8. The fourth-order valence-electron chi connectivity index (χ4n) is 6.02. The van der Waals surface area contributed by atoms with E-state index < -0.39 is 11.6 Å².